The minimum absolute atomic E-state index is 0.0618. The number of nitrogens with zero attached hydrogens (tertiary/aromatic N) is 1. The molecule has 172 valence electrons. The number of aromatic nitrogens is 1. The lowest BCUT2D eigenvalue weighted by Crippen LogP contribution is -2.46. The van der Waals surface area contributed by atoms with Crippen molar-refractivity contribution in [1.29, 1.82) is 0 Å². The van der Waals surface area contributed by atoms with Crippen molar-refractivity contribution in [3.05, 3.63) is 52.2 Å². The van der Waals surface area contributed by atoms with Crippen molar-refractivity contribution < 1.29 is 14.3 Å². The van der Waals surface area contributed by atoms with Gasteiger partial charge in [-0.1, -0.05) is 23.7 Å². The van der Waals surface area contributed by atoms with Gasteiger partial charge in [0.2, 0.25) is 11.8 Å². The number of hydrogen-bond acceptors (Lipinski definition) is 5. The molecule has 0 bridgehead atoms. The fourth-order valence-electron chi connectivity index (χ4n) is 4.20. The van der Waals surface area contributed by atoms with Crippen molar-refractivity contribution in [3.8, 4) is 5.75 Å². The third kappa shape index (κ3) is 6.13. The smallest absolute Gasteiger partial charge is 0.242 e. The average molecular weight is 459 g/mol. The van der Waals surface area contributed by atoms with Gasteiger partial charge in [0.25, 0.3) is 0 Å². The summed E-state index contributed by atoms with van der Waals surface area (Å²) < 4.78 is 5.20. The predicted octanol–water partition coefficient (Wildman–Crippen LogP) is 3.41. The maximum absolute atomic E-state index is 12.7. The Morgan fingerprint density at radius 1 is 1.28 bits per heavy atom. The fourth-order valence-corrected chi connectivity index (χ4v) is 4.48. The molecule has 1 saturated carbocycles. The third-order valence-electron chi connectivity index (χ3n) is 6.07. The van der Waals surface area contributed by atoms with Gasteiger partial charge in [-0.2, -0.15) is 0 Å². The Balaban J connectivity index is 1.46. The number of nitrogens with one attached hydrogen (secondary N) is 2. The summed E-state index contributed by atoms with van der Waals surface area (Å²) in [6, 6.07) is 8.76. The van der Waals surface area contributed by atoms with Crippen LogP contribution in [0.4, 0.5) is 5.82 Å². The number of benzene rings is 1. The van der Waals surface area contributed by atoms with Gasteiger partial charge in [-0.3, -0.25) is 9.59 Å². The second-order valence-corrected chi connectivity index (χ2v) is 8.88. The van der Waals surface area contributed by atoms with E-state index in [1.54, 1.807) is 20.1 Å². The molecule has 0 radical (unpaired) electrons. The summed E-state index contributed by atoms with van der Waals surface area (Å²) in [6.45, 7) is 3.89. The van der Waals surface area contributed by atoms with E-state index in [1.165, 1.54) is 0 Å². The van der Waals surface area contributed by atoms with Crippen molar-refractivity contribution in [2.45, 2.75) is 52.1 Å². The molecule has 3 atom stereocenters. The van der Waals surface area contributed by atoms with E-state index >= 15 is 0 Å². The highest BCUT2D eigenvalue weighted by Crippen LogP contribution is 2.35. The highest BCUT2D eigenvalue weighted by Gasteiger charge is 2.31. The summed E-state index contributed by atoms with van der Waals surface area (Å²) in [5.41, 5.74) is 8.47. The molecule has 0 saturated heterocycles. The molecular weight excluding hydrogens is 428 g/mol. The van der Waals surface area contributed by atoms with Crippen LogP contribution in [0.2, 0.25) is 5.02 Å². The van der Waals surface area contributed by atoms with Gasteiger partial charge in [-0.25, -0.2) is 4.98 Å². The van der Waals surface area contributed by atoms with Gasteiger partial charge < -0.3 is 21.1 Å². The number of nitrogens with two attached hydrogens (primary N) is 1. The van der Waals surface area contributed by atoms with E-state index in [-0.39, 0.29) is 17.7 Å². The molecule has 2 aromatic rings. The molecule has 1 aromatic carbocycles. The number of aryl methyl sites for hydroxylation is 1. The molecule has 0 spiro atoms. The highest BCUT2D eigenvalue weighted by molar-refractivity contribution is 6.32. The summed E-state index contributed by atoms with van der Waals surface area (Å²) in [7, 11) is 1.60. The van der Waals surface area contributed by atoms with Crippen LogP contribution < -0.4 is 21.1 Å². The number of rotatable bonds is 8. The number of methoxy groups -OCH3 is 1. The molecule has 32 heavy (non-hydrogen) atoms. The summed E-state index contributed by atoms with van der Waals surface area (Å²) in [5.74, 6) is 1.16. The van der Waals surface area contributed by atoms with E-state index in [1.807, 2.05) is 31.2 Å². The molecular formula is C24H31ClN4O3. The number of carbonyl (C=O) groups is 2. The molecule has 8 heteroatoms. The van der Waals surface area contributed by atoms with Crippen molar-refractivity contribution in [1.82, 2.24) is 15.6 Å². The topological polar surface area (TPSA) is 106 Å². The van der Waals surface area contributed by atoms with Crippen LogP contribution in [0.1, 0.15) is 43.0 Å². The lowest BCUT2D eigenvalue weighted by atomic mass is 9.96. The van der Waals surface area contributed by atoms with Crippen molar-refractivity contribution in [3.63, 3.8) is 0 Å². The van der Waals surface area contributed by atoms with Crippen LogP contribution in [-0.4, -0.2) is 29.9 Å². The Hall–Kier alpha value is -2.80. The van der Waals surface area contributed by atoms with Gasteiger partial charge in [0.05, 0.1) is 12.1 Å². The van der Waals surface area contributed by atoms with Gasteiger partial charge in [0.1, 0.15) is 17.6 Å². The second-order valence-electron chi connectivity index (χ2n) is 8.48. The molecule has 4 N–H and O–H groups in total. The minimum Gasteiger partial charge on any atom is -0.495 e. The third-order valence-corrected chi connectivity index (χ3v) is 6.37. The van der Waals surface area contributed by atoms with Gasteiger partial charge in [-0.05, 0) is 74.8 Å². The number of hydrogen-bond donors (Lipinski definition) is 3. The number of carbonyl (C=O) groups excluding carboxylic acids is 2. The quantitative estimate of drug-likeness (QED) is 0.562. The van der Waals surface area contributed by atoms with E-state index in [0.29, 0.717) is 29.1 Å². The van der Waals surface area contributed by atoms with Crippen LogP contribution in [0.25, 0.3) is 0 Å². The fraction of sp³-hybridized carbons (Fsp3) is 0.458. The molecule has 1 aliphatic carbocycles. The standard InChI is InChI=1S/C24H31ClN4O3/c1-14-19(7-9-22(26)28-14)13-27-23(30)15(2)29-24(31)18-6-4-16(11-18)10-17-5-8-21(32-3)20(25)12-17/h5,7-9,12,15-16,18H,4,6,10-11,13H2,1-3H3,(H2,26,28)(H,27,30)(H,29,31)/t15-,16-,18+/m0/s1. The van der Waals surface area contributed by atoms with Gasteiger partial charge in [0, 0.05) is 18.2 Å². The number of nitrogen functional groups attached to an aromatic ring is 1. The molecule has 3 rings (SSSR count). The predicted molar refractivity (Wildman–Crippen MR) is 125 cm³/mol. The summed E-state index contributed by atoms with van der Waals surface area (Å²) in [5, 5.41) is 6.32. The first-order chi connectivity index (χ1) is 15.3. The van der Waals surface area contributed by atoms with Crippen molar-refractivity contribution in [2.24, 2.45) is 11.8 Å². The van der Waals surface area contributed by atoms with Crippen LogP contribution >= 0.6 is 11.6 Å². The number of ether oxygens (including phenoxy) is 1. The zero-order valence-corrected chi connectivity index (χ0v) is 19.5. The first kappa shape index (κ1) is 23.9. The Morgan fingerprint density at radius 3 is 2.75 bits per heavy atom. The lowest BCUT2D eigenvalue weighted by molar-refractivity contribution is -0.130. The number of amides is 2. The Bertz CT molecular complexity index is 982. The van der Waals surface area contributed by atoms with Crippen LogP contribution in [0.5, 0.6) is 5.75 Å². The van der Waals surface area contributed by atoms with Crippen LogP contribution in [0.3, 0.4) is 0 Å². The van der Waals surface area contributed by atoms with Gasteiger partial charge in [0.15, 0.2) is 0 Å². The highest BCUT2D eigenvalue weighted by atomic mass is 35.5. The molecule has 1 heterocycles. The van der Waals surface area contributed by atoms with E-state index in [0.717, 1.165) is 42.5 Å². The van der Waals surface area contributed by atoms with E-state index in [9.17, 15) is 9.59 Å². The molecule has 7 nitrogen and oxygen atoms in total. The SMILES string of the molecule is COc1ccc(C[C@@H]2CC[C@@H](C(=O)N[C@@H](C)C(=O)NCc3ccc(N)nc3C)C2)cc1Cl. The average Bonchev–Trinajstić information content (AvgIpc) is 3.21. The lowest BCUT2D eigenvalue weighted by Gasteiger charge is -2.18. The molecule has 1 fully saturated rings. The zero-order valence-electron chi connectivity index (χ0n) is 18.8. The maximum Gasteiger partial charge on any atom is 0.242 e. The molecule has 1 aromatic heterocycles. The molecule has 0 aliphatic heterocycles. The minimum atomic E-state index is -0.607. The zero-order chi connectivity index (χ0) is 23.3. The molecule has 2 amide bonds. The van der Waals surface area contributed by atoms with Crippen LogP contribution in [0.15, 0.2) is 30.3 Å². The van der Waals surface area contributed by atoms with Crippen LogP contribution in [0, 0.1) is 18.8 Å². The Kier molecular flexibility index (Phi) is 7.96. The Labute approximate surface area is 194 Å². The normalized spacial score (nSPS) is 18.8. The number of anilines is 1. The van der Waals surface area contributed by atoms with E-state index < -0.39 is 6.04 Å². The summed E-state index contributed by atoms with van der Waals surface area (Å²) >= 11 is 6.23. The van der Waals surface area contributed by atoms with Crippen LogP contribution in [-0.2, 0) is 22.6 Å². The van der Waals surface area contributed by atoms with Gasteiger partial charge >= 0.3 is 0 Å². The van der Waals surface area contributed by atoms with E-state index in [2.05, 4.69) is 15.6 Å². The van der Waals surface area contributed by atoms with E-state index in [4.69, 9.17) is 22.1 Å². The van der Waals surface area contributed by atoms with Gasteiger partial charge in [-0.15, -0.1) is 0 Å². The summed E-state index contributed by atoms with van der Waals surface area (Å²) in [6.07, 6.45) is 3.48. The summed E-state index contributed by atoms with van der Waals surface area (Å²) in [4.78, 5) is 29.3. The second kappa shape index (κ2) is 10.7. The Morgan fingerprint density at radius 2 is 2.06 bits per heavy atom. The molecule has 0 unspecified atom stereocenters. The number of pyridine rings is 1. The van der Waals surface area contributed by atoms with Crippen molar-refractivity contribution in [2.75, 3.05) is 12.8 Å². The first-order valence-electron chi connectivity index (χ1n) is 10.9. The largest absolute Gasteiger partial charge is 0.495 e. The van der Waals surface area contributed by atoms with Crippen molar-refractivity contribution >= 4 is 29.2 Å². The number of halogens is 1. The molecule has 1 aliphatic rings. The maximum atomic E-state index is 12.7. The first-order valence-corrected chi connectivity index (χ1v) is 11.3. The monoisotopic (exact) mass is 458 g/mol.